The van der Waals surface area contributed by atoms with Gasteiger partial charge in [0.15, 0.2) is 0 Å². The van der Waals surface area contributed by atoms with E-state index in [1.54, 1.807) is 12.3 Å². The van der Waals surface area contributed by atoms with Crippen molar-refractivity contribution in [3.63, 3.8) is 0 Å². The van der Waals surface area contributed by atoms with Crippen LogP contribution in [-0.4, -0.2) is 24.6 Å². The Kier molecular flexibility index (Phi) is 1.32. The quantitative estimate of drug-likeness (QED) is 0.543. The summed E-state index contributed by atoms with van der Waals surface area (Å²) in [7, 11) is 0. The maximum Gasteiger partial charge on any atom is 0.254 e. The number of nitrogens with zero attached hydrogens (tertiary/aromatic N) is 1. The summed E-state index contributed by atoms with van der Waals surface area (Å²) in [5.74, 6) is -0.672. The fourth-order valence-electron chi connectivity index (χ4n) is 2.11. The van der Waals surface area contributed by atoms with Gasteiger partial charge < -0.3 is 0 Å². The Morgan fingerprint density at radius 2 is 2.29 bits per heavy atom. The molecule has 3 aliphatic rings. The fraction of sp³-hybridized carbons (Fsp3) is 0.300. The Morgan fingerprint density at radius 1 is 1.43 bits per heavy atom. The van der Waals surface area contributed by atoms with Crippen LogP contribution >= 0.6 is 0 Å². The predicted molar refractivity (Wildman–Crippen MR) is 49.7 cm³/mol. The van der Waals surface area contributed by atoms with Gasteiger partial charge in [0.1, 0.15) is 0 Å². The zero-order chi connectivity index (χ0) is 9.71. The van der Waals surface area contributed by atoms with Gasteiger partial charge in [-0.3, -0.25) is 19.9 Å². The second-order valence-electron chi connectivity index (χ2n) is 3.70. The molecule has 0 saturated carbocycles. The lowest BCUT2D eigenvalue weighted by atomic mass is 9.86. The van der Waals surface area contributed by atoms with Crippen molar-refractivity contribution >= 4 is 18.0 Å². The van der Waals surface area contributed by atoms with Gasteiger partial charge in [-0.1, -0.05) is 0 Å². The van der Waals surface area contributed by atoms with Gasteiger partial charge in [-0.05, 0) is 23.6 Å². The number of hydrogen-bond donors (Lipinski definition) is 1. The molecule has 2 amide bonds. The fourth-order valence-corrected chi connectivity index (χ4v) is 2.11. The average molecular weight is 188 g/mol. The maximum atomic E-state index is 11.4. The van der Waals surface area contributed by atoms with Gasteiger partial charge >= 0.3 is 0 Å². The van der Waals surface area contributed by atoms with Crippen LogP contribution in [0.25, 0.3) is 0 Å². The smallest absolute Gasteiger partial charge is 0.254 e. The first-order valence-corrected chi connectivity index (χ1v) is 4.54. The monoisotopic (exact) mass is 188 g/mol. The van der Waals surface area contributed by atoms with Crippen LogP contribution in [0.2, 0.25) is 0 Å². The van der Waals surface area contributed by atoms with Crippen molar-refractivity contribution in [2.45, 2.75) is 6.42 Å². The third kappa shape index (κ3) is 0.852. The zero-order valence-electron chi connectivity index (χ0n) is 7.41. The number of hydrogen-bond acceptors (Lipinski definition) is 3. The molecule has 1 fully saturated rings. The highest BCUT2D eigenvalue weighted by atomic mass is 16.2. The molecule has 0 aromatic carbocycles. The lowest BCUT2D eigenvalue weighted by Gasteiger charge is -2.14. The molecule has 1 aliphatic carbocycles. The molecule has 4 heteroatoms. The van der Waals surface area contributed by atoms with Gasteiger partial charge in [0.05, 0.1) is 12.5 Å². The van der Waals surface area contributed by atoms with Crippen LogP contribution in [0.4, 0.5) is 0 Å². The van der Waals surface area contributed by atoms with Crippen molar-refractivity contribution in [2.75, 3.05) is 6.54 Å². The molecular weight excluding hydrogens is 180 g/mol. The van der Waals surface area contributed by atoms with Crippen molar-refractivity contribution in [3.05, 3.63) is 22.8 Å². The molecule has 0 spiro atoms. The Morgan fingerprint density at radius 3 is 3.14 bits per heavy atom. The molecule has 0 bridgehead atoms. The normalized spacial score (nSPS) is 28.9. The van der Waals surface area contributed by atoms with Crippen LogP contribution in [0.15, 0.2) is 27.8 Å². The van der Waals surface area contributed by atoms with Crippen LogP contribution in [0.1, 0.15) is 6.42 Å². The van der Waals surface area contributed by atoms with E-state index in [1.807, 2.05) is 0 Å². The average Bonchev–Trinajstić information content (AvgIpc) is 2.70. The summed E-state index contributed by atoms with van der Waals surface area (Å²) in [4.78, 5) is 26.8. The van der Waals surface area contributed by atoms with E-state index in [2.05, 4.69) is 10.3 Å². The van der Waals surface area contributed by atoms with Crippen LogP contribution < -0.4 is 5.32 Å². The number of nitrogens with one attached hydrogen (secondary N) is 1. The molecule has 1 atom stereocenters. The first kappa shape index (κ1) is 7.67. The Bertz CT molecular complexity index is 443. The number of carbonyl (C=O) groups is 2. The SMILES string of the molecule is O=C1NC(=O)C2CC3=C(C=NC3)C=C12. The molecule has 0 aromatic rings. The summed E-state index contributed by atoms with van der Waals surface area (Å²) < 4.78 is 0. The van der Waals surface area contributed by atoms with Gasteiger partial charge in [0.25, 0.3) is 5.91 Å². The first-order valence-electron chi connectivity index (χ1n) is 4.54. The summed E-state index contributed by atoms with van der Waals surface area (Å²) in [6, 6.07) is 0. The molecule has 2 aliphatic heterocycles. The minimum absolute atomic E-state index is 0.167. The molecule has 3 rings (SSSR count). The van der Waals surface area contributed by atoms with Gasteiger partial charge in [-0.15, -0.1) is 0 Å². The van der Waals surface area contributed by atoms with Crippen molar-refractivity contribution in [3.8, 4) is 0 Å². The minimum Gasteiger partial charge on any atom is -0.292 e. The van der Waals surface area contributed by atoms with E-state index in [0.29, 0.717) is 18.5 Å². The van der Waals surface area contributed by atoms with Gasteiger partial charge in [-0.25, -0.2) is 0 Å². The number of fused-ring (bicyclic) bond motifs is 1. The van der Waals surface area contributed by atoms with Crippen molar-refractivity contribution in [1.29, 1.82) is 0 Å². The molecule has 1 unspecified atom stereocenters. The molecule has 0 aromatic heterocycles. The second-order valence-corrected chi connectivity index (χ2v) is 3.70. The molecule has 0 radical (unpaired) electrons. The number of amides is 2. The Labute approximate surface area is 80.4 Å². The minimum atomic E-state index is -0.261. The molecule has 14 heavy (non-hydrogen) atoms. The number of carbonyl (C=O) groups excluding carboxylic acids is 2. The highest BCUT2D eigenvalue weighted by molar-refractivity contribution is 6.16. The highest BCUT2D eigenvalue weighted by Gasteiger charge is 2.39. The maximum absolute atomic E-state index is 11.4. The predicted octanol–water partition coefficient (Wildman–Crippen LogP) is -0.0299. The van der Waals surface area contributed by atoms with E-state index in [4.69, 9.17) is 0 Å². The number of aliphatic imine (C=N–C) groups is 1. The van der Waals surface area contributed by atoms with E-state index in [-0.39, 0.29) is 17.7 Å². The van der Waals surface area contributed by atoms with Gasteiger partial charge in [0.2, 0.25) is 5.91 Å². The van der Waals surface area contributed by atoms with Crippen molar-refractivity contribution in [1.82, 2.24) is 5.32 Å². The van der Waals surface area contributed by atoms with Crippen molar-refractivity contribution < 1.29 is 9.59 Å². The van der Waals surface area contributed by atoms with E-state index in [1.165, 1.54) is 5.57 Å². The Balaban J connectivity index is 2.08. The lowest BCUT2D eigenvalue weighted by Crippen LogP contribution is -2.22. The zero-order valence-corrected chi connectivity index (χ0v) is 7.41. The standard InChI is InChI=1S/C10H8N2O2/c13-9-7-1-5-3-11-4-6(5)2-8(7)10(14)12-9/h1,3,8H,2,4H2,(H,12,13,14). The van der Waals surface area contributed by atoms with Crippen molar-refractivity contribution in [2.24, 2.45) is 10.9 Å². The topological polar surface area (TPSA) is 58.5 Å². The third-order valence-corrected chi connectivity index (χ3v) is 2.87. The van der Waals surface area contributed by atoms with E-state index >= 15 is 0 Å². The van der Waals surface area contributed by atoms with Crippen LogP contribution in [0.5, 0.6) is 0 Å². The summed E-state index contributed by atoms with van der Waals surface area (Å²) in [5, 5.41) is 2.33. The summed E-state index contributed by atoms with van der Waals surface area (Å²) >= 11 is 0. The number of rotatable bonds is 0. The summed E-state index contributed by atoms with van der Waals surface area (Å²) in [6.07, 6.45) is 4.22. The third-order valence-electron chi connectivity index (χ3n) is 2.87. The van der Waals surface area contributed by atoms with E-state index in [0.717, 1.165) is 5.57 Å². The molecule has 70 valence electrons. The largest absolute Gasteiger partial charge is 0.292 e. The molecule has 1 N–H and O–H groups in total. The van der Waals surface area contributed by atoms with E-state index in [9.17, 15) is 9.59 Å². The van der Waals surface area contributed by atoms with Crippen LogP contribution in [0.3, 0.4) is 0 Å². The molecule has 2 heterocycles. The second kappa shape index (κ2) is 2.41. The number of allylic oxidation sites excluding steroid dienone is 2. The number of imide groups is 1. The summed E-state index contributed by atoms with van der Waals surface area (Å²) in [5.41, 5.74) is 2.78. The van der Waals surface area contributed by atoms with Crippen LogP contribution in [-0.2, 0) is 9.59 Å². The summed E-state index contributed by atoms with van der Waals surface area (Å²) in [6.45, 7) is 0.678. The first-order chi connectivity index (χ1) is 6.75. The molecule has 1 saturated heterocycles. The molecular formula is C10H8N2O2. The Hall–Kier alpha value is -1.71. The lowest BCUT2D eigenvalue weighted by molar-refractivity contribution is -0.125. The van der Waals surface area contributed by atoms with Gasteiger partial charge in [-0.2, -0.15) is 0 Å². The highest BCUT2D eigenvalue weighted by Crippen LogP contribution is 2.34. The van der Waals surface area contributed by atoms with E-state index < -0.39 is 0 Å². The van der Waals surface area contributed by atoms with Crippen LogP contribution in [0, 0.1) is 5.92 Å². The molecule has 4 nitrogen and oxygen atoms in total. The van der Waals surface area contributed by atoms with Gasteiger partial charge in [0, 0.05) is 11.8 Å².